The van der Waals surface area contributed by atoms with Gasteiger partial charge in [0, 0.05) is 0 Å². The molecule has 2 nitrogen and oxygen atoms in total. The Morgan fingerprint density at radius 3 is 2.40 bits per heavy atom. The summed E-state index contributed by atoms with van der Waals surface area (Å²) in [5, 5.41) is 0. The first kappa shape index (κ1) is 13.1. The van der Waals surface area contributed by atoms with Crippen molar-refractivity contribution in [3.05, 3.63) is 35.9 Å². The average Bonchev–Trinajstić information content (AvgIpc) is 2.17. The summed E-state index contributed by atoms with van der Waals surface area (Å²) in [5.41, 5.74) is 1.29. The Balaban J connectivity index is 2.10. The van der Waals surface area contributed by atoms with E-state index >= 15 is 0 Å². The molecule has 0 heterocycles. The van der Waals surface area contributed by atoms with Crippen LogP contribution < -0.4 is 0 Å². The molecule has 0 aliphatic carbocycles. The molecule has 0 N–H and O–H groups in total. The number of hydrogen-bond donors (Lipinski definition) is 0. The fourth-order valence-corrected chi connectivity index (χ4v) is 2.00. The van der Waals surface area contributed by atoms with Crippen LogP contribution in [0.5, 0.6) is 0 Å². The van der Waals surface area contributed by atoms with E-state index in [0.717, 1.165) is 19.3 Å². The van der Waals surface area contributed by atoms with Gasteiger partial charge in [-0.05, 0) is 47.3 Å². The van der Waals surface area contributed by atoms with E-state index in [1.807, 2.05) is 18.2 Å². The van der Waals surface area contributed by atoms with Crippen LogP contribution in [0, 0.1) is 0 Å². The summed E-state index contributed by atoms with van der Waals surface area (Å²) < 4.78 is 15.5. The Morgan fingerprint density at radius 1 is 1.13 bits per heavy atom. The second-order valence-electron chi connectivity index (χ2n) is 3.19. The van der Waals surface area contributed by atoms with E-state index in [1.54, 1.807) is 0 Å². The molecule has 0 atom stereocenters. The highest BCUT2D eigenvalue weighted by atomic mass is 35.9. The third kappa shape index (κ3) is 6.97. The summed E-state index contributed by atoms with van der Waals surface area (Å²) in [5.74, 6) is 0. The molecule has 1 rings (SSSR count). The van der Waals surface area contributed by atoms with E-state index in [2.05, 4.69) is 12.1 Å². The summed E-state index contributed by atoms with van der Waals surface area (Å²) in [6.45, 7) is 0.344. The number of aryl methyl sites for hydroxylation is 1. The summed E-state index contributed by atoms with van der Waals surface area (Å²) in [7, 11) is 0. The molecule has 1 aromatic rings. The van der Waals surface area contributed by atoms with Gasteiger partial charge in [0.1, 0.15) is 0 Å². The van der Waals surface area contributed by atoms with Gasteiger partial charge in [-0.1, -0.05) is 30.3 Å². The lowest BCUT2D eigenvalue weighted by atomic mass is 10.1. The summed E-state index contributed by atoms with van der Waals surface area (Å²) in [6.07, 6.45) is -0.574. The van der Waals surface area contributed by atoms with Gasteiger partial charge >= 0.3 is 6.07 Å². The molecular weight excluding hydrogens is 254 g/mol. The van der Waals surface area contributed by atoms with Crippen LogP contribution in [-0.2, 0) is 15.5 Å². The molecule has 0 spiro atoms. The lowest BCUT2D eigenvalue weighted by molar-refractivity contribution is 0.323. The largest absolute Gasteiger partial charge is 0.380 e. The fourth-order valence-electron chi connectivity index (χ4n) is 1.25. The predicted molar refractivity (Wildman–Crippen MR) is 64.6 cm³/mol. The van der Waals surface area contributed by atoms with E-state index < -0.39 is 6.07 Å². The minimum atomic E-state index is -3.33. The molecule has 0 saturated carbocycles. The fraction of sp³-hybridized carbons (Fsp3) is 0.400. The number of halogens is 2. The summed E-state index contributed by atoms with van der Waals surface area (Å²) in [6, 6.07) is 10.2. The topological polar surface area (TPSA) is 26.3 Å². The molecule has 5 heteroatoms. The number of unbranched alkanes of at least 4 members (excludes halogenated alkanes) is 1. The van der Waals surface area contributed by atoms with Gasteiger partial charge in [-0.3, -0.25) is 4.57 Å². The Kier molecular flexibility index (Phi) is 5.70. The van der Waals surface area contributed by atoms with E-state index in [1.165, 1.54) is 5.56 Å². The van der Waals surface area contributed by atoms with Crippen molar-refractivity contribution in [3.8, 4) is 0 Å². The second-order valence-corrected chi connectivity index (χ2v) is 7.47. The first-order valence-corrected chi connectivity index (χ1v) is 8.19. The molecule has 0 fully saturated rings. The van der Waals surface area contributed by atoms with Gasteiger partial charge in [0.05, 0.1) is 6.61 Å². The summed E-state index contributed by atoms with van der Waals surface area (Å²) >= 11 is 10.5. The van der Waals surface area contributed by atoms with E-state index in [-0.39, 0.29) is 0 Å². The van der Waals surface area contributed by atoms with Crippen LogP contribution in [0.25, 0.3) is 0 Å². The van der Waals surface area contributed by atoms with Gasteiger partial charge in [0.25, 0.3) is 0 Å². The molecular formula is C10H13Cl2O2P. The second kappa shape index (κ2) is 6.55. The van der Waals surface area contributed by atoms with Crippen molar-refractivity contribution in [2.24, 2.45) is 0 Å². The summed E-state index contributed by atoms with van der Waals surface area (Å²) in [4.78, 5) is 0. The van der Waals surface area contributed by atoms with E-state index in [9.17, 15) is 4.57 Å². The quantitative estimate of drug-likeness (QED) is 0.555. The van der Waals surface area contributed by atoms with Crippen LogP contribution in [0.1, 0.15) is 18.4 Å². The Hall–Kier alpha value is -0.0100. The molecule has 0 amide bonds. The van der Waals surface area contributed by atoms with Crippen LogP contribution in [0.4, 0.5) is 0 Å². The minimum Gasteiger partial charge on any atom is -0.306 e. The first-order chi connectivity index (χ1) is 7.08. The van der Waals surface area contributed by atoms with Gasteiger partial charge in [-0.25, -0.2) is 0 Å². The van der Waals surface area contributed by atoms with Crippen molar-refractivity contribution in [1.29, 1.82) is 0 Å². The SMILES string of the molecule is O=P(Cl)(Cl)OCCCCc1ccccc1. The van der Waals surface area contributed by atoms with Crippen molar-refractivity contribution < 1.29 is 9.09 Å². The van der Waals surface area contributed by atoms with Gasteiger partial charge in [-0.15, -0.1) is 0 Å². The smallest absolute Gasteiger partial charge is 0.306 e. The third-order valence-electron chi connectivity index (χ3n) is 1.94. The monoisotopic (exact) mass is 266 g/mol. The van der Waals surface area contributed by atoms with Crippen molar-refractivity contribution in [3.63, 3.8) is 0 Å². The predicted octanol–water partition coefficient (Wildman–Crippen LogP) is 4.61. The molecule has 1 aromatic carbocycles. The zero-order valence-corrected chi connectivity index (χ0v) is 10.6. The lowest BCUT2D eigenvalue weighted by Gasteiger charge is -2.04. The van der Waals surface area contributed by atoms with Crippen molar-refractivity contribution in [1.82, 2.24) is 0 Å². The van der Waals surface area contributed by atoms with Crippen molar-refractivity contribution in [2.45, 2.75) is 19.3 Å². The molecule has 0 aliphatic heterocycles. The maximum absolute atomic E-state index is 10.8. The minimum absolute atomic E-state index is 0.344. The number of hydrogen-bond acceptors (Lipinski definition) is 2. The molecule has 0 aliphatic rings. The van der Waals surface area contributed by atoms with E-state index in [0.29, 0.717) is 6.61 Å². The highest BCUT2D eigenvalue weighted by molar-refractivity contribution is 8.05. The number of rotatable bonds is 6. The van der Waals surface area contributed by atoms with Gasteiger partial charge in [-0.2, -0.15) is 0 Å². The molecule has 0 bridgehead atoms. The van der Waals surface area contributed by atoms with Crippen molar-refractivity contribution in [2.75, 3.05) is 6.61 Å². The zero-order valence-electron chi connectivity index (χ0n) is 8.23. The van der Waals surface area contributed by atoms with Crippen LogP contribution in [-0.4, -0.2) is 6.61 Å². The maximum atomic E-state index is 10.8. The highest BCUT2D eigenvalue weighted by Crippen LogP contribution is 2.57. The molecule has 0 aromatic heterocycles. The Bertz CT molecular complexity index is 323. The normalized spacial score (nSPS) is 11.6. The standard InChI is InChI=1S/C10H13Cl2O2P/c11-15(12,13)14-9-5-4-8-10-6-2-1-3-7-10/h1-3,6-7H,4-5,8-9H2. The van der Waals surface area contributed by atoms with E-state index in [4.69, 9.17) is 27.0 Å². The highest BCUT2D eigenvalue weighted by Gasteiger charge is 2.12. The van der Waals surface area contributed by atoms with Crippen LogP contribution >= 0.6 is 28.6 Å². The third-order valence-corrected chi connectivity index (χ3v) is 3.01. The van der Waals surface area contributed by atoms with Crippen LogP contribution in [0.15, 0.2) is 30.3 Å². The molecule has 15 heavy (non-hydrogen) atoms. The van der Waals surface area contributed by atoms with Crippen molar-refractivity contribution >= 4 is 28.6 Å². The molecule has 0 unspecified atom stereocenters. The number of benzene rings is 1. The average molecular weight is 267 g/mol. The maximum Gasteiger partial charge on any atom is 0.380 e. The van der Waals surface area contributed by atoms with Crippen LogP contribution in [0.3, 0.4) is 0 Å². The molecule has 84 valence electrons. The zero-order chi connectivity index (χ0) is 11.1. The molecule has 0 radical (unpaired) electrons. The van der Waals surface area contributed by atoms with Crippen LogP contribution in [0.2, 0.25) is 0 Å². The Labute approximate surface area is 99.6 Å². The lowest BCUT2D eigenvalue weighted by Crippen LogP contribution is -1.90. The van der Waals surface area contributed by atoms with Gasteiger partial charge < -0.3 is 4.52 Å². The first-order valence-electron chi connectivity index (χ1n) is 4.76. The van der Waals surface area contributed by atoms with Gasteiger partial charge in [0.15, 0.2) is 0 Å². The van der Waals surface area contributed by atoms with Gasteiger partial charge in [0.2, 0.25) is 0 Å². The Morgan fingerprint density at radius 2 is 1.80 bits per heavy atom. The molecule has 0 saturated heterocycles.